The van der Waals surface area contributed by atoms with Crippen molar-refractivity contribution in [3.8, 4) is 11.5 Å². The van der Waals surface area contributed by atoms with Gasteiger partial charge in [0, 0.05) is 10.5 Å². The Morgan fingerprint density at radius 1 is 1.11 bits per heavy atom. The quantitative estimate of drug-likeness (QED) is 0.678. The molecule has 0 radical (unpaired) electrons. The standard InChI is InChI=1S/C19H15N3O4S/c23-17(10-15-18(24)20-13-8-4-5-9-14(13)27-15)25-11-16-21-22-19(26-16)12-6-2-1-3-7-12/h1-9,15H,10-11H2,(H,20,24). The van der Waals surface area contributed by atoms with E-state index in [4.69, 9.17) is 9.15 Å². The van der Waals surface area contributed by atoms with Gasteiger partial charge in [0.15, 0.2) is 6.61 Å². The minimum absolute atomic E-state index is 0.0372. The Bertz CT molecular complexity index is 974. The molecule has 4 rings (SSSR count). The molecule has 0 aliphatic carbocycles. The van der Waals surface area contributed by atoms with Crippen LogP contribution in [0.15, 0.2) is 63.9 Å². The monoisotopic (exact) mass is 381 g/mol. The molecule has 1 aromatic heterocycles. The topological polar surface area (TPSA) is 94.3 Å². The highest BCUT2D eigenvalue weighted by Crippen LogP contribution is 2.36. The molecule has 1 aliphatic rings. The smallest absolute Gasteiger partial charge is 0.307 e. The molecule has 0 fully saturated rings. The van der Waals surface area contributed by atoms with Crippen molar-refractivity contribution in [3.63, 3.8) is 0 Å². The minimum atomic E-state index is -0.532. The van der Waals surface area contributed by atoms with Gasteiger partial charge in [0.2, 0.25) is 11.8 Å². The van der Waals surface area contributed by atoms with Crippen molar-refractivity contribution in [3.05, 3.63) is 60.5 Å². The normalized spacial score (nSPS) is 15.7. The molecule has 1 atom stereocenters. The van der Waals surface area contributed by atoms with Crippen LogP contribution in [0.3, 0.4) is 0 Å². The number of fused-ring (bicyclic) bond motifs is 1. The third-order valence-corrected chi connectivity index (χ3v) is 5.18. The number of thioether (sulfide) groups is 1. The van der Waals surface area contributed by atoms with Gasteiger partial charge in [-0.05, 0) is 24.3 Å². The third kappa shape index (κ3) is 4.01. The van der Waals surface area contributed by atoms with Crippen LogP contribution in [0.4, 0.5) is 5.69 Å². The van der Waals surface area contributed by atoms with Crippen LogP contribution in [-0.4, -0.2) is 27.3 Å². The molecule has 0 spiro atoms. The van der Waals surface area contributed by atoms with Crippen molar-refractivity contribution in [1.29, 1.82) is 0 Å². The Morgan fingerprint density at radius 3 is 2.74 bits per heavy atom. The summed E-state index contributed by atoms with van der Waals surface area (Å²) in [6.45, 7) is -0.131. The van der Waals surface area contributed by atoms with Crippen molar-refractivity contribution >= 4 is 29.3 Å². The van der Waals surface area contributed by atoms with Crippen LogP contribution in [0.2, 0.25) is 0 Å². The summed E-state index contributed by atoms with van der Waals surface area (Å²) < 4.78 is 10.7. The van der Waals surface area contributed by atoms with E-state index in [0.29, 0.717) is 5.89 Å². The fourth-order valence-electron chi connectivity index (χ4n) is 2.59. The molecule has 7 nitrogen and oxygen atoms in total. The highest BCUT2D eigenvalue weighted by molar-refractivity contribution is 8.01. The highest BCUT2D eigenvalue weighted by atomic mass is 32.2. The number of aromatic nitrogens is 2. The average Bonchev–Trinajstić information content (AvgIpc) is 3.17. The number of hydrogen-bond acceptors (Lipinski definition) is 7. The van der Waals surface area contributed by atoms with Crippen molar-refractivity contribution in [2.75, 3.05) is 5.32 Å². The summed E-state index contributed by atoms with van der Waals surface area (Å²) in [6.07, 6.45) is -0.0372. The summed E-state index contributed by atoms with van der Waals surface area (Å²) >= 11 is 1.35. The molecule has 136 valence electrons. The van der Waals surface area contributed by atoms with E-state index in [0.717, 1.165) is 16.1 Å². The van der Waals surface area contributed by atoms with Crippen LogP contribution in [0.1, 0.15) is 12.3 Å². The number of amides is 1. The van der Waals surface area contributed by atoms with E-state index in [1.54, 1.807) is 0 Å². The maximum atomic E-state index is 12.1. The zero-order chi connectivity index (χ0) is 18.6. The molecule has 0 saturated heterocycles. The first kappa shape index (κ1) is 17.3. The van der Waals surface area contributed by atoms with Gasteiger partial charge in [-0.2, -0.15) is 0 Å². The Morgan fingerprint density at radius 2 is 1.89 bits per heavy atom. The predicted octanol–water partition coefficient (Wildman–Crippen LogP) is 3.28. The molecule has 0 bridgehead atoms. The van der Waals surface area contributed by atoms with Crippen LogP contribution in [-0.2, 0) is 20.9 Å². The minimum Gasteiger partial charge on any atom is -0.456 e. The molecule has 27 heavy (non-hydrogen) atoms. The summed E-state index contributed by atoms with van der Waals surface area (Å²) in [7, 11) is 0. The van der Waals surface area contributed by atoms with Crippen molar-refractivity contribution < 1.29 is 18.7 Å². The number of carbonyl (C=O) groups excluding carboxylic acids is 2. The second kappa shape index (κ2) is 7.63. The van der Waals surface area contributed by atoms with E-state index in [1.165, 1.54) is 11.8 Å². The van der Waals surface area contributed by atoms with E-state index in [1.807, 2.05) is 54.6 Å². The lowest BCUT2D eigenvalue weighted by Crippen LogP contribution is -2.31. The lowest BCUT2D eigenvalue weighted by atomic mass is 10.2. The molecule has 2 heterocycles. The van der Waals surface area contributed by atoms with Crippen LogP contribution >= 0.6 is 11.8 Å². The number of ether oxygens (including phenoxy) is 1. The molecule has 1 N–H and O–H groups in total. The summed E-state index contributed by atoms with van der Waals surface area (Å²) in [5.74, 6) is -0.143. The van der Waals surface area contributed by atoms with Gasteiger partial charge in [0.1, 0.15) is 0 Å². The number of para-hydroxylation sites is 1. The molecule has 1 amide bonds. The largest absolute Gasteiger partial charge is 0.456 e. The number of esters is 1. The molecule has 1 aliphatic heterocycles. The Balaban J connectivity index is 1.33. The van der Waals surface area contributed by atoms with Gasteiger partial charge < -0.3 is 14.5 Å². The third-order valence-electron chi connectivity index (χ3n) is 3.90. The Hall–Kier alpha value is -3.13. The SMILES string of the molecule is O=C(CC1Sc2ccccc2NC1=O)OCc1nnc(-c2ccccc2)o1. The van der Waals surface area contributed by atoms with Gasteiger partial charge in [-0.25, -0.2) is 0 Å². The van der Waals surface area contributed by atoms with E-state index in [-0.39, 0.29) is 24.8 Å². The molecule has 8 heteroatoms. The van der Waals surface area contributed by atoms with Crippen LogP contribution in [0.5, 0.6) is 0 Å². The zero-order valence-corrected chi connectivity index (χ0v) is 14.9. The van der Waals surface area contributed by atoms with Crippen LogP contribution in [0, 0.1) is 0 Å². The number of nitrogens with zero attached hydrogens (tertiary/aromatic N) is 2. The van der Waals surface area contributed by atoms with Crippen molar-refractivity contribution in [1.82, 2.24) is 10.2 Å². The number of nitrogens with one attached hydrogen (secondary N) is 1. The van der Waals surface area contributed by atoms with Gasteiger partial charge in [-0.1, -0.05) is 30.3 Å². The van der Waals surface area contributed by atoms with E-state index in [9.17, 15) is 9.59 Å². The number of anilines is 1. The zero-order valence-electron chi connectivity index (χ0n) is 14.1. The molecule has 2 aromatic carbocycles. The number of carbonyl (C=O) groups is 2. The second-order valence-corrected chi connectivity index (χ2v) is 7.07. The van der Waals surface area contributed by atoms with E-state index < -0.39 is 11.2 Å². The van der Waals surface area contributed by atoms with Gasteiger partial charge in [-0.15, -0.1) is 22.0 Å². The van der Waals surface area contributed by atoms with E-state index in [2.05, 4.69) is 15.5 Å². The molecule has 1 unspecified atom stereocenters. The fourth-order valence-corrected chi connectivity index (χ4v) is 3.68. The second-order valence-electron chi connectivity index (χ2n) is 5.82. The number of benzene rings is 2. The first-order valence-corrected chi connectivity index (χ1v) is 9.17. The lowest BCUT2D eigenvalue weighted by molar-refractivity contribution is -0.146. The van der Waals surface area contributed by atoms with Gasteiger partial charge in [0.25, 0.3) is 5.89 Å². The van der Waals surface area contributed by atoms with Gasteiger partial charge in [-0.3, -0.25) is 9.59 Å². The van der Waals surface area contributed by atoms with Crippen LogP contribution in [0.25, 0.3) is 11.5 Å². The van der Waals surface area contributed by atoms with E-state index >= 15 is 0 Å². The first-order chi connectivity index (χ1) is 13.2. The molecule has 0 saturated carbocycles. The Kier molecular flexibility index (Phi) is 4.88. The summed E-state index contributed by atoms with van der Waals surface area (Å²) in [6, 6.07) is 16.8. The summed E-state index contributed by atoms with van der Waals surface area (Å²) in [5, 5.41) is 10.1. The average molecular weight is 381 g/mol. The van der Waals surface area contributed by atoms with Crippen LogP contribution < -0.4 is 5.32 Å². The Labute approximate surface area is 159 Å². The molecular weight excluding hydrogens is 366 g/mol. The maximum Gasteiger partial charge on any atom is 0.307 e. The summed E-state index contributed by atoms with van der Waals surface area (Å²) in [5.41, 5.74) is 1.55. The van der Waals surface area contributed by atoms with Crippen molar-refractivity contribution in [2.45, 2.75) is 23.2 Å². The number of hydrogen-bond donors (Lipinski definition) is 1. The predicted molar refractivity (Wildman–Crippen MR) is 98.9 cm³/mol. The fraction of sp³-hybridized carbons (Fsp3) is 0.158. The first-order valence-electron chi connectivity index (χ1n) is 8.29. The molecular formula is C19H15N3O4S. The van der Waals surface area contributed by atoms with Gasteiger partial charge >= 0.3 is 5.97 Å². The number of rotatable bonds is 5. The van der Waals surface area contributed by atoms with Gasteiger partial charge in [0.05, 0.1) is 17.4 Å². The molecule has 3 aromatic rings. The summed E-state index contributed by atoms with van der Waals surface area (Å²) in [4.78, 5) is 25.2. The van der Waals surface area contributed by atoms with Crippen molar-refractivity contribution in [2.24, 2.45) is 0 Å². The lowest BCUT2D eigenvalue weighted by Gasteiger charge is -2.23. The highest BCUT2D eigenvalue weighted by Gasteiger charge is 2.29. The maximum absolute atomic E-state index is 12.1.